The summed E-state index contributed by atoms with van der Waals surface area (Å²) in [5.74, 6) is 3.20. The van der Waals surface area contributed by atoms with Crippen LogP contribution in [0.4, 0.5) is 0 Å². The van der Waals surface area contributed by atoms with E-state index in [0.29, 0.717) is 12.3 Å². The molecule has 1 fully saturated rings. The van der Waals surface area contributed by atoms with Crippen molar-refractivity contribution in [1.82, 2.24) is 15.0 Å². The fourth-order valence-electron chi connectivity index (χ4n) is 2.83. The molecule has 23 heavy (non-hydrogen) atoms. The molecule has 3 rings (SSSR count). The molecular weight excluding hydrogens is 310 g/mol. The van der Waals surface area contributed by atoms with Crippen molar-refractivity contribution < 1.29 is 9.32 Å². The number of benzene rings is 1. The molecular formula is C17H21N3O2S. The number of thioether (sulfide) groups is 1. The van der Waals surface area contributed by atoms with Crippen LogP contribution in [0.25, 0.3) is 0 Å². The maximum atomic E-state index is 12.3. The van der Waals surface area contributed by atoms with Gasteiger partial charge in [0, 0.05) is 36.9 Å². The van der Waals surface area contributed by atoms with Gasteiger partial charge >= 0.3 is 0 Å². The molecule has 0 atom stereocenters. The van der Waals surface area contributed by atoms with Crippen molar-refractivity contribution in [3.63, 3.8) is 0 Å². The van der Waals surface area contributed by atoms with Gasteiger partial charge in [-0.2, -0.15) is 16.7 Å². The summed E-state index contributed by atoms with van der Waals surface area (Å²) >= 11 is 1.82. The molecule has 1 saturated heterocycles. The Hall–Kier alpha value is -1.82. The second kappa shape index (κ2) is 8.15. The summed E-state index contributed by atoms with van der Waals surface area (Å²) in [6, 6.07) is 10.4. The normalized spacial score (nSPS) is 15.7. The standard InChI is InChI=1S/C17H21N3O2S/c21-16(8-11-23-12-14-4-2-1-3-5-14)20-9-6-15(7-10-20)17-18-13-22-19-17/h1-5,13,15H,6-12H2. The molecule has 0 N–H and O–H groups in total. The number of amides is 1. The number of piperidine rings is 1. The Balaban J connectivity index is 1.35. The summed E-state index contributed by atoms with van der Waals surface area (Å²) in [7, 11) is 0. The highest BCUT2D eigenvalue weighted by atomic mass is 32.2. The van der Waals surface area contributed by atoms with Crippen molar-refractivity contribution in [3.05, 3.63) is 48.1 Å². The van der Waals surface area contributed by atoms with E-state index in [-0.39, 0.29) is 5.91 Å². The monoisotopic (exact) mass is 331 g/mol. The molecule has 1 aromatic carbocycles. The first-order chi connectivity index (χ1) is 11.3. The molecule has 0 radical (unpaired) electrons. The summed E-state index contributed by atoms with van der Waals surface area (Å²) in [5.41, 5.74) is 1.31. The molecule has 5 nitrogen and oxygen atoms in total. The maximum absolute atomic E-state index is 12.3. The van der Waals surface area contributed by atoms with E-state index in [9.17, 15) is 4.79 Å². The Morgan fingerprint density at radius 3 is 2.74 bits per heavy atom. The van der Waals surface area contributed by atoms with Crippen molar-refractivity contribution >= 4 is 17.7 Å². The second-order valence-corrected chi connectivity index (χ2v) is 6.84. The van der Waals surface area contributed by atoms with Crippen LogP contribution >= 0.6 is 11.8 Å². The fourth-order valence-corrected chi connectivity index (χ4v) is 3.72. The number of hydrogen-bond acceptors (Lipinski definition) is 5. The summed E-state index contributed by atoms with van der Waals surface area (Å²) in [6.45, 7) is 1.59. The number of likely N-dealkylation sites (tertiary alicyclic amines) is 1. The average Bonchev–Trinajstić information content (AvgIpc) is 3.14. The van der Waals surface area contributed by atoms with Gasteiger partial charge in [-0.25, -0.2) is 0 Å². The van der Waals surface area contributed by atoms with Crippen LogP contribution in [0.5, 0.6) is 0 Å². The zero-order valence-electron chi connectivity index (χ0n) is 13.1. The van der Waals surface area contributed by atoms with Crippen LogP contribution in [0.2, 0.25) is 0 Å². The third-order valence-electron chi connectivity index (χ3n) is 4.16. The van der Waals surface area contributed by atoms with Gasteiger partial charge < -0.3 is 9.42 Å². The lowest BCUT2D eigenvalue weighted by Gasteiger charge is -2.30. The molecule has 1 aliphatic rings. The van der Waals surface area contributed by atoms with Gasteiger partial charge in [-0.15, -0.1) is 0 Å². The second-order valence-electron chi connectivity index (χ2n) is 5.73. The third-order valence-corrected chi connectivity index (χ3v) is 5.19. The fraction of sp³-hybridized carbons (Fsp3) is 0.471. The topological polar surface area (TPSA) is 59.2 Å². The summed E-state index contributed by atoms with van der Waals surface area (Å²) in [5, 5.41) is 3.91. The van der Waals surface area contributed by atoms with Gasteiger partial charge in [-0.1, -0.05) is 35.5 Å². The highest BCUT2D eigenvalue weighted by molar-refractivity contribution is 7.98. The SMILES string of the molecule is O=C(CCSCc1ccccc1)N1CCC(c2ncon2)CC1. The number of rotatable bonds is 6. The lowest BCUT2D eigenvalue weighted by molar-refractivity contribution is -0.131. The van der Waals surface area contributed by atoms with Crippen LogP contribution in [0.3, 0.4) is 0 Å². The highest BCUT2D eigenvalue weighted by Gasteiger charge is 2.25. The van der Waals surface area contributed by atoms with Crippen LogP contribution in [0.15, 0.2) is 41.2 Å². The molecule has 122 valence electrons. The van der Waals surface area contributed by atoms with Crippen molar-refractivity contribution in [2.75, 3.05) is 18.8 Å². The van der Waals surface area contributed by atoms with Crippen molar-refractivity contribution in [2.24, 2.45) is 0 Å². The first-order valence-corrected chi connectivity index (χ1v) is 9.14. The molecule has 2 heterocycles. The van der Waals surface area contributed by atoms with Gasteiger partial charge in [0.15, 0.2) is 5.82 Å². The zero-order chi connectivity index (χ0) is 15.9. The van der Waals surface area contributed by atoms with E-state index < -0.39 is 0 Å². The minimum Gasteiger partial charge on any atom is -0.343 e. The van der Waals surface area contributed by atoms with E-state index in [1.807, 2.05) is 22.7 Å². The van der Waals surface area contributed by atoms with Crippen LogP contribution in [-0.4, -0.2) is 39.8 Å². The number of aromatic nitrogens is 2. The summed E-state index contributed by atoms with van der Waals surface area (Å²) in [6.07, 6.45) is 3.83. The van der Waals surface area contributed by atoms with Gasteiger partial charge in [0.25, 0.3) is 0 Å². The first kappa shape index (κ1) is 16.1. The Kier molecular flexibility index (Phi) is 5.69. The van der Waals surface area contributed by atoms with E-state index in [1.165, 1.54) is 12.0 Å². The number of carbonyl (C=O) groups is 1. The smallest absolute Gasteiger partial charge is 0.223 e. The molecule has 6 heteroatoms. The number of nitrogens with zero attached hydrogens (tertiary/aromatic N) is 3. The van der Waals surface area contributed by atoms with Crippen molar-refractivity contribution in [2.45, 2.75) is 30.9 Å². The molecule has 2 aromatic rings. The number of carbonyl (C=O) groups excluding carboxylic acids is 1. The minimum atomic E-state index is 0.261. The van der Waals surface area contributed by atoms with Gasteiger partial charge in [0.2, 0.25) is 12.3 Å². The third kappa shape index (κ3) is 4.58. The van der Waals surface area contributed by atoms with E-state index in [4.69, 9.17) is 4.52 Å². The molecule has 1 amide bonds. The van der Waals surface area contributed by atoms with Gasteiger partial charge in [-0.3, -0.25) is 4.79 Å². The van der Waals surface area contributed by atoms with Crippen molar-refractivity contribution in [1.29, 1.82) is 0 Å². The molecule has 0 spiro atoms. The van der Waals surface area contributed by atoms with Crippen LogP contribution in [-0.2, 0) is 10.5 Å². The van der Waals surface area contributed by atoms with E-state index in [2.05, 4.69) is 34.4 Å². The minimum absolute atomic E-state index is 0.261. The van der Waals surface area contributed by atoms with E-state index in [0.717, 1.165) is 43.3 Å². The molecule has 0 aliphatic carbocycles. The van der Waals surface area contributed by atoms with E-state index >= 15 is 0 Å². The average molecular weight is 331 g/mol. The van der Waals surface area contributed by atoms with E-state index in [1.54, 1.807) is 0 Å². The Morgan fingerprint density at radius 2 is 2.04 bits per heavy atom. The van der Waals surface area contributed by atoms with Crippen LogP contribution in [0.1, 0.15) is 36.6 Å². The van der Waals surface area contributed by atoms with Gasteiger partial charge in [-0.05, 0) is 18.4 Å². The predicted octanol–water partition coefficient (Wildman–Crippen LogP) is 3.10. The maximum Gasteiger partial charge on any atom is 0.223 e. The quantitative estimate of drug-likeness (QED) is 0.761. The van der Waals surface area contributed by atoms with Crippen molar-refractivity contribution in [3.8, 4) is 0 Å². The van der Waals surface area contributed by atoms with Gasteiger partial charge in [0.05, 0.1) is 0 Å². The predicted molar refractivity (Wildman–Crippen MR) is 90.1 cm³/mol. The Morgan fingerprint density at radius 1 is 1.26 bits per heavy atom. The van der Waals surface area contributed by atoms with Crippen LogP contribution in [0, 0.1) is 0 Å². The molecule has 1 aromatic heterocycles. The van der Waals surface area contributed by atoms with Crippen LogP contribution < -0.4 is 0 Å². The number of hydrogen-bond donors (Lipinski definition) is 0. The molecule has 0 bridgehead atoms. The highest BCUT2D eigenvalue weighted by Crippen LogP contribution is 2.25. The summed E-state index contributed by atoms with van der Waals surface area (Å²) < 4.78 is 4.80. The first-order valence-electron chi connectivity index (χ1n) is 7.98. The summed E-state index contributed by atoms with van der Waals surface area (Å²) in [4.78, 5) is 18.4. The Bertz CT molecular complexity index is 596. The largest absolute Gasteiger partial charge is 0.343 e. The lowest BCUT2D eigenvalue weighted by Crippen LogP contribution is -2.38. The molecule has 0 unspecified atom stereocenters. The molecule has 1 aliphatic heterocycles. The van der Waals surface area contributed by atoms with Gasteiger partial charge in [0.1, 0.15) is 0 Å². The lowest BCUT2D eigenvalue weighted by atomic mass is 9.96. The zero-order valence-corrected chi connectivity index (χ0v) is 13.9. The molecule has 0 saturated carbocycles. The Labute approximate surface area is 140 Å².